The van der Waals surface area contributed by atoms with E-state index in [9.17, 15) is 9.18 Å². The van der Waals surface area contributed by atoms with Gasteiger partial charge in [-0.1, -0.05) is 18.5 Å². The van der Waals surface area contributed by atoms with Gasteiger partial charge in [0.1, 0.15) is 5.82 Å². The first-order valence-corrected chi connectivity index (χ1v) is 6.79. The zero-order valence-corrected chi connectivity index (χ0v) is 12.2. The number of halogens is 2. The van der Waals surface area contributed by atoms with E-state index in [0.717, 1.165) is 17.9 Å². The lowest BCUT2D eigenvalue weighted by molar-refractivity contribution is 0.627. The molecule has 0 aliphatic carbocycles. The van der Waals surface area contributed by atoms with Gasteiger partial charge in [0, 0.05) is 35.8 Å². The largest absolute Gasteiger partial charge is 0.321 e. The maximum absolute atomic E-state index is 13.2. The zero-order valence-electron chi connectivity index (χ0n) is 11.4. The van der Waals surface area contributed by atoms with Gasteiger partial charge < -0.3 is 9.88 Å². The Labute approximate surface area is 122 Å². The van der Waals surface area contributed by atoms with Crippen LogP contribution in [0.1, 0.15) is 18.2 Å². The highest BCUT2D eigenvalue weighted by molar-refractivity contribution is 6.30. The quantitative estimate of drug-likeness (QED) is 0.940. The van der Waals surface area contributed by atoms with E-state index in [1.54, 1.807) is 24.4 Å². The molecule has 0 aliphatic rings. The molecular formula is C15H16ClFN2O. The van der Waals surface area contributed by atoms with Crippen LogP contribution in [-0.2, 0) is 6.54 Å². The predicted molar refractivity (Wildman–Crippen MR) is 79.1 cm³/mol. The van der Waals surface area contributed by atoms with Crippen molar-refractivity contribution in [1.82, 2.24) is 9.88 Å². The molecule has 5 heteroatoms. The number of hydrogen-bond acceptors (Lipinski definition) is 2. The molecule has 1 aromatic carbocycles. The topological polar surface area (TPSA) is 34.0 Å². The lowest BCUT2D eigenvalue weighted by Crippen LogP contribution is -2.21. The van der Waals surface area contributed by atoms with Crippen molar-refractivity contribution in [2.45, 2.75) is 20.4 Å². The predicted octanol–water partition coefficient (Wildman–Crippen LogP) is 3.05. The molecule has 0 spiro atoms. The molecule has 2 aromatic rings. The van der Waals surface area contributed by atoms with Crippen molar-refractivity contribution in [2.24, 2.45) is 0 Å². The molecule has 0 fully saturated rings. The molecule has 0 radical (unpaired) electrons. The van der Waals surface area contributed by atoms with Crippen LogP contribution in [0, 0.1) is 12.7 Å². The Morgan fingerprint density at radius 1 is 1.35 bits per heavy atom. The Morgan fingerprint density at radius 2 is 2.10 bits per heavy atom. The summed E-state index contributed by atoms with van der Waals surface area (Å²) in [5, 5.41) is 3.19. The normalized spacial score (nSPS) is 10.8. The van der Waals surface area contributed by atoms with Crippen molar-refractivity contribution in [3.63, 3.8) is 0 Å². The van der Waals surface area contributed by atoms with Crippen molar-refractivity contribution in [2.75, 3.05) is 6.54 Å². The highest BCUT2D eigenvalue weighted by Gasteiger charge is 2.07. The second-order valence-electron chi connectivity index (χ2n) is 4.55. The third-order valence-corrected chi connectivity index (χ3v) is 3.36. The Balaban J connectivity index is 2.49. The maximum atomic E-state index is 13.2. The second-order valence-corrected chi connectivity index (χ2v) is 4.96. The van der Waals surface area contributed by atoms with Gasteiger partial charge in [-0.3, -0.25) is 4.79 Å². The number of rotatable bonds is 4. The van der Waals surface area contributed by atoms with E-state index < -0.39 is 5.82 Å². The highest BCUT2D eigenvalue weighted by atomic mass is 35.5. The number of benzene rings is 1. The first-order chi connectivity index (χ1) is 9.52. The summed E-state index contributed by atoms with van der Waals surface area (Å²) < 4.78 is 15.1. The number of nitrogens with one attached hydrogen (secondary N) is 1. The molecule has 0 saturated heterocycles. The Morgan fingerprint density at radius 3 is 2.75 bits per heavy atom. The van der Waals surface area contributed by atoms with E-state index in [1.807, 2.05) is 18.4 Å². The van der Waals surface area contributed by atoms with E-state index in [2.05, 4.69) is 5.32 Å². The Hall–Kier alpha value is -1.65. The smallest absolute Gasteiger partial charge is 0.186 e. The molecule has 1 heterocycles. The molecule has 0 amide bonds. The molecule has 0 aliphatic heterocycles. The van der Waals surface area contributed by atoms with Crippen LogP contribution in [0.5, 0.6) is 0 Å². The molecule has 0 atom stereocenters. The fraction of sp³-hybridized carbons (Fsp3) is 0.267. The lowest BCUT2D eigenvalue weighted by atomic mass is 10.2. The third-order valence-electron chi connectivity index (χ3n) is 3.07. The van der Waals surface area contributed by atoms with Gasteiger partial charge in [-0.05, 0) is 31.7 Å². The van der Waals surface area contributed by atoms with E-state index in [1.165, 1.54) is 6.07 Å². The first-order valence-electron chi connectivity index (χ1n) is 6.41. The lowest BCUT2D eigenvalue weighted by Gasteiger charge is -2.13. The average Bonchev–Trinajstić information content (AvgIpc) is 2.41. The van der Waals surface area contributed by atoms with Crippen molar-refractivity contribution in [3.8, 4) is 5.69 Å². The van der Waals surface area contributed by atoms with Crippen LogP contribution in [0.4, 0.5) is 4.39 Å². The summed E-state index contributed by atoms with van der Waals surface area (Å²) in [5.41, 5.74) is 2.16. The standard InChI is InChI=1S/C15H16ClFN2O/c1-3-18-8-11-9-19(10(2)6-15(11)20)12-4-5-14(17)13(16)7-12/h4-7,9,18H,3,8H2,1-2H3. The number of pyridine rings is 1. The van der Waals surface area contributed by atoms with Gasteiger partial charge in [0.05, 0.1) is 5.02 Å². The van der Waals surface area contributed by atoms with Gasteiger partial charge in [-0.2, -0.15) is 0 Å². The first kappa shape index (κ1) is 14.8. The van der Waals surface area contributed by atoms with E-state index in [0.29, 0.717) is 12.1 Å². The van der Waals surface area contributed by atoms with Gasteiger partial charge in [-0.15, -0.1) is 0 Å². The zero-order chi connectivity index (χ0) is 14.7. The summed E-state index contributed by atoms with van der Waals surface area (Å²) in [6.45, 7) is 5.10. The molecule has 106 valence electrons. The van der Waals surface area contributed by atoms with Gasteiger partial charge in [0.25, 0.3) is 0 Å². The van der Waals surface area contributed by atoms with Crippen LogP contribution >= 0.6 is 11.6 Å². The summed E-state index contributed by atoms with van der Waals surface area (Å²) in [6, 6.07) is 6.07. The van der Waals surface area contributed by atoms with Crippen molar-refractivity contribution < 1.29 is 4.39 Å². The summed E-state index contributed by atoms with van der Waals surface area (Å²) in [5.74, 6) is -0.456. The van der Waals surface area contributed by atoms with Gasteiger partial charge in [0.2, 0.25) is 0 Å². The molecule has 0 bridgehead atoms. The number of nitrogens with zero attached hydrogens (tertiary/aromatic N) is 1. The van der Waals surface area contributed by atoms with Gasteiger partial charge >= 0.3 is 0 Å². The van der Waals surface area contributed by atoms with Crippen LogP contribution < -0.4 is 10.7 Å². The summed E-state index contributed by atoms with van der Waals surface area (Å²) in [6.07, 6.45) is 1.77. The van der Waals surface area contributed by atoms with Crippen LogP contribution in [0.25, 0.3) is 5.69 Å². The van der Waals surface area contributed by atoms with Gasteiger partial charge in [-0.25, -0.2) is 4.39 Å². The average molecular weight is 295 g/mol. The fourth-order valence-electron chi connectivity index (χ4n) is 1.98. The van der Waals surface area contributed by atoms with Crippen molar-refractivity contribution in [3.05, 3.63) is 62.8 Å². The van der Waals surface area contributed by atoms with E-state index >= 15 is 0 Å². The van der Waals surface area contributed by atoms with Crippen LogP contribution in [-0.4, -0.2) is 11.1 Å². The Kier molecular flexibility index (Phi) is 4.57. The summed E-state index contributed by atoms with van der Waals surface area (Å²) in [7, 11) is 0. The number of aromatic nitrogens is 1. The molecule has 1 aromatic heterocycles. The van der Waals surface area contributed by atoms with Crippen LogP contribution in [0.2, 0.25) is 5.02 Å². The molecular weight excluding hydrogens is 279 g/mol. The molecule has 0 unspecified atom stereocenters. The maximum Gasteiger partial charge on any atom is 0.186 e. The van der Waals surface area contributed by atoms with Gasteiger partial charge in [0.15, 0.2) is 5.43 Å². The third kappa shape index (κ3) is 3.08. The molecule has 3 nitrogen and oxygen atoms in total. The summed E-state index contributed by atoms with van der Waals surface area (Å²) >= 11 is 5.81. The van der Waals surface area contributed by atoms with Crippen LogP contribution in [0.15, 0.2) is 35.3 Å². The highest BCUT2D eigenvalue weighted by Crippen LogP contribution is 2.19. The Bertz CT molecular complexity index is 682. The van der Waals surface area contributed by atoms with Crippen molar-refractivity contribution >= 4 is 11.6 Å². The summed E-state index contributed by atoms with van der Waals surface area (Å²) in [4.78, 5) is 11.9. The second kappa shape index (κ2) is 6.20. The minimum Gasteiger partial charge on any atom is -0.321 e. The van der Waals surface area contributed by atoms with Crippen LogP contribution in [0.3, 0.4) is 0 Å². The number of aryl methyl sites for hydroxylation is 1. The monoisotopic (exact) mass is 294 g/mol. The molecule has 1 N–H and O–H groups in total. The van der Waals surface area contributed by atoms with Crippen molar-refractivity contribution in [1.29, 1.82) is 0 Å². The molecule has 2 rings (SSSR count). The molecule has 20 heavy (non-hydrogen) atoms. The van der Waals surface area contributed by atoms with E-state index in [-0.39, 0.29) is 10.5 Å². The SMILES string of the molecule is CCNCc1cn(-c2ccc(F)c(Cl)c2)c(C)cc1=O. The fourth-order valence-corrected chi connectivity index (χ4v) is 2.15. The minimum absolute atomic E-state index is 0.00657. The van der Waals surface area contributed by atoms with E-state index in [4.69, 9.17) is 11.6 Å². The molecule has 0 saturated carbocycles. The number of hydrogen-bond donors (Lipinski definition) is 1. The minimum atomic E-state index is -0.456.